The molecule has 1 unspecified atom stereocenters. The lowest BCUT2D eigenvalue weighted by molar-refractivity contribution is 0.573. The van der Waals surface area contributed by atoms with Gasteiger partial charge in [0, 0.05) is 25.0 Å². The van der Waals surface area contributed by atoms with Gasteiger partial charge in [0.2, 0.25) is 0 Å². The highest BCUT2D eigenvalue weighted by molar-refractivity contribution is 5.06. The molecule has 2 aromatic heterocycles. The molecule has 2 aromatic rings. The predicted octanol–water partition coefficient (Wildman–Crippen LogP) is 0.843. The molecule has 2 rings (SSSR count). The van der Waals surface area contributed by atoms with Gasteiger partial charge in [-0.15, -0.1) is 5.10 Å². The first-order valence-electron chi connectivity index (χ1n) is 5.27. The summed E-state index contributed by atoms with van der Waals surface area (Å²) in [5, 5.41) is 7.68. The van der Waals surface area contributed by atoms with Crippen molar-refractivity contribution < 1.29 is 0 Å². The van der Waals surface area contributed by atoms with Crippen LogP contribution in [0, 0.1) is 0 Å². The molecule has 0 aliphatic rings. The van der Waals surface area contributed by atoms with Crippen LogP contribution >= 0.6 is 0 Å². The van der Waals surface area contributed by atoms with Crippen molar-refractivity contribution in [1.82, 2.24) is 20.0 Å². The molecule has 2 heterocycles. The van der Waals surface area contributed by atoms with Gasteiger partial charge < -0.3 is 5.73 Å². The van der Waals surface area contributed by atoms with Gasteiger partial charge in [-0.1, -0.05) is 11.3 Å². The van der Waals surface area contributed by atoms with Gasteiger partial charge in [-0.25, -0.2) is 0 Å². The number of hydrogen-bond acceptors (Lipinski definition) is 4. The van der Waals surface area contributed by atoms with Crippen LogP contribution in [0.3, 0.4) is 0 Å². The minimum atomic E-state index is -0.0398. The van der Waals surface area contributed by atoms with Crippen LogP contribution in [-0.2, 0) is 13.5 Å². The largest absolute Gasteiger partial charge is 0.323 e. The topological polar surface area (TPSA) is 69.6 Å². The van der Waals surface area contributed by atoms with Crippen molar-refractivity contribution in [3.63, 3.8) is 0 Å². The zero-order chi connectivity index (χ0) is 11.4. The molecule has 0 aromatic carbocycles. The molecule has 0 spiro atoms. The third-order valence-electron chi connectivity index (χ3n) is 2.57. The van der Waals surface area contributed by atoms with Gasteiger partial charge in [0.25, 0.3) is 0 Å². The molecule has 16 heavy (non-hydrogen) atoms. The molecule has 0 amide bonds. The summed E-state index contributed by atoms with van der Waals surface area (Å²) < 4.78 is 1.71. The van der Waals surface area contributed by atoms with Crippen molar-refractivity contribution in [3.8, 4) is 0 Å². The Morgan fingerprint density at radius 1 is 1.44 bits per heavy atom. The quantitative estimate of drug-likeness (QED) is 0.824. The summed E-state index contributed by atoms with van der Waals surface area (Å²) in [6.07, 6.45) is 5.22. The summed E-state index contributed by atoms with van der Waals surface area (Å²) in [6.45, 7) is 0. The SMILES string of the molecule is Cn1nncc1C(N)CCc1ccccn1. The molecule has 84 valence electrons. The molecule has 0 bridgehead atoms. The summed E-state index contributed by atoms with van der Waals surface area (Å²) in [7, 11) is 1.85. The number of nitrogens with zero attached hydrogens (tertiary/aromatic N) is 4. The lowest BCUT2D eigenvalue weighted by Gasteiger charge is -2.10. The van der Waals surface area contributed by atoms with Gasteiger partial charge >= 0.3 is 0 Å². The number of aryl methyl sites for hydroxylation is 2. The van der Waals surface area contributed by atoms with E-state index >= 15 is 0 Å². The highest BCUT2D eigenvalue weighted by Gasteiger charge is 2.10. The molecular formula is C11H15N5. The second-order valence-corrected chi connectivity index (χ2v) is 3.75. The van der Waals surface area contributed by atoms with E-state index in [9.17, 15) is 0 Å². The van der Waals surface area contributed by atoms with Crippen LogP contribution in [0.5, 0.6) is 0 Å². The Hall–Kier alpha value is -1.75. The number of rotatable bonds is 4. The molecule has 0 aliphatic heterocycles. The monoisotopic (exact) mass is 217 g/mol. The number of aromatic nitrogens is 4. The molecule has 0 aliphatic carbocycles. The molecule has 1 atom stereocenters. The lowest BCUT2D eigenvalue weighted by Crippen LogP contribution is -2.15. The van der Waals surface area contributed by atoms with E-state index in [4.69, 9.17) is 5.73 Å². The summed E-state index contributed by atoms with van der Waals surface area (Å²) in [4.78, 5) is 4.26. The van der Waals surface area contributed by atoms with Crippen molar-refractivity contribution in [2.45, 2.75) is 18.9 Å². The van der Waals surface area contributed by atoms with Crippen molar-refractivity contribution in [2.24, 2.45) is 12.8 Å². The maximum atomic E-state index is 6.06. The smallest absolute Gasteiger partial charge is 0.0751 e. The third kappa shape index (κ3) is 2.43. The molecule has 5 nitrogen and oxygen atoms in total. The first kappa shape index (κ1) is 10.8. The highest BCUT2D eigenvalue weighted by Crippen LogP contribution is 2.13. The fourth-order valence-electron chi connectivity index (χ4n) is 1.63. The molecule has 0 saturated carbocycles. The van der Waals surface area contributed by atoms with E-state index in [1.54, 1.807) is 17.1 Å². The fourth-order valence-corrected chi connectivity index (χ4v) is 1.63. The van der Waals surface area contributed by atoms with E-state index in [-0.39, 0.29) is 6.04 Å². The van der Waals surface area contributed by atoms with E-state index in [0.29, 0.717) is 0 Å². The predicted molar refractivity (Wildman–Crippen MR) is 60.5 cm³/mol. The van der Waals surface area contributed by atoms with Crippen LogP contribution in [0.15, 0.2) is 30.6 Å². The highest BCUT2D eigenvalue weighted by atomic mass is 15.4. The van der Waals surface area contributed by atoms with Gasteiger partial charge in [0.15, 0.2) is 0 Å². The van der Waals surface area contributed by atoms with E-state index in [1.807, 2.05) is 25.2 Å². The van der Waals surface area contributed by atoms with Gasteiger partial charge in [0.1, 0.15) is 0 Å². The van der Waals surface area contributed by atoms with Crippen LogP contribution in [-0.4, -0.2) is 20.0 Å². The molecule has 5 heteroatoms. The maximum absolute atomic E-state index is 6.06. The Bertz CT molecular complexity index is 437. The van der Waals surface area contributed by atoms with Gasteiger partial charge in [-0.2, -0.15) is 0 Å². The Morgan fingerprint density at radius 3 is 2.94 bits per heavy atom. The van der Waals surface area contributed by atoms with E-state index in [2.05, 4.69) is 15.3 Å². The average molecular weight is 217 g/mol. The first-order valence-corrected chi connectivity index (χ1v) is 5.27. The van der Waals surface area contributed by atoms with E-state index in [0.717, 1.165) is 24.2 Å². The first-order chi connectivity index (χ1) is 7.77. The van der Waals surface area contributed by atoms with Crippen molar-refractivity contribution in [3.05, 3.63) is 42.0 Å². The minimum Gasteiger partial charge on any atom is -0.323 e. The second kappa shape index (κ2) is 4.85. The number of nitrogens with two attached hydrogens (primary N) is 1. The van der Waals surface area contributed by atoms with Gasteiger partial charge in [-0.05, 0) is 25.0 Å². The van der Waals surface area contributed by atoms with E-state index < -0.39 is 0 Å². The molecule has 2 N–H and O–H groups in total. The Balaban J connectivity index is 1.94. The van der Waals surface area contributed by atoms with Crippen molar-refractivity contribution in [1.29, 1.82) is 0 Å². The summed E-state index contributed by atoms with van der Waals surface area (Å²) in [6, 6.07) is 5.87. The second-order valence-electron chi connectivity index (χ2n) is 3.75. The molecular weight excluding hydrogens is 202 g/mol. The van der Waals surface area contributed by atoms with E-state index in [1.165, 1.54) is 0 Å². The van der Waals surface area contributed by atoms with Crippen LogP contribution < -0.4 is 5.73 Å². The van der Waals surface area contributed by atoms with Crippen molar-refractivity contribution >= 4 is 0 Å². The molecule has 0 radical (unpaired) electrons. The summed E-state index contributed by atoms with van der Waals surface area (Å²) in [5.74, 6) is 0. The molecule has 0 fully saturated rings. The zero-order valence-electron chi connectivity index (χ0n) is 9.24. The average Bonchev–Trinajstić information content (AvgIpc) is 2.74. The molecule has 0 saturated heterocycles. The van der Waals surface area contributed by atoms with Crippen LogP contribution in [0.25, 0.3) is 0 Å². The van der Waals surface area contributed by atoms with Crippen LogP contribution in [0.1, 0.15) is 23.9 Å². The van der Waals surface area contributed by atoms with Crippen molar-refractivity contribution in [2.75, 3.05) is 0 Å². The van der Waals surface area contributed by atoms with Crippen LogP contribution in [0.2, 0.25) is 0 Å². The number of hydrogen-bond donors (Lipinski definition) is 1. The lowest BCUT2D eigenvalue weighted by atomic mass is 10.1. The fraction of sp³-hybridized carbons (Fsp3) is 0.364. The Kier molecular flexibility index (Phi) is 3.26. The van der Waals surface area contributed by atoms with Crippen LogP contribution in [0.4, 0.5) is 0 Å². The summed E-state index contributed by atoms with van der Waals surface area (Å²) in [5.41, 5.74) is 8.08. The standard InChI is InChI=1S/C11H15N5/c1-16-11(8-14-15-16)10(12)6-5-9-4-2-3-7-13-9/h2-4,7-8,10H,5-6,12H2,1H3. The van der Waals surface area contributed by atoms with Gasteiger partial charge in [-0.3, -0.25) is 9.67 Å². The van der Waals surface area contributed by atoms with Gasteiger partial charge in [0.05, 0.1) is 11.9 Å². The third-order valence-corrected chi connectivity index (χ3v) is 2.57. The number of pyridine rings is 1. The minimum absolute atomic E-state index is 0.0398. The Labute approximate surface area is 94.3 Å². The maximum Gasteiger partial charge on any atom is 0.0751 e. The zero-order valence-corrected chi connectivity index (χ0v) is 9.24. The Morgan fingerprint density at radius 2 is 2.31 bits per heavy atom. The summed E-state index contributed by atoms with van der Waals surface area (Å²) >= 11 is 0. The normalized spacial score (nSPS) is 12.6.